The van der Waals surface area contributed by atoms with Crippen molar-refractivity contribution in [3.05, 3.63) is 111 Å². The molecule has 2 aromatic heterocycles. The topological polar surface area (TPSA) is 128 Å². The summed E-state index contributed by atoms with van der Waals surface area (Å²) in [6.45, 7) is 0. The van der Waals surface area contributed by atoms with Crippen molar-refractivity contribution in [1.82, 2.24) is 15.2 Å². The normalized spacial score (nSPS) is 11.3. The molecule has 0 atom stereocenters. The third-order valence-electron chi connectivity index (χ3n) is 5.24. The van der Waals surface area contributed by atoms with Gasteiger partial charge >= 0.3 is 5.63 Å². The van der Waals surface area contributed by atoms with Crippen molar-refractivity contribution in [2.45, 2.75) is 0 Å². The number of fused-ring (bicyclic) bond motifs is 1. The van der Waals surface area contributed by atoms with Gasteiger partial charge in [-0.1, -0.05) is 47.7 Å². The number of para-hydroxylation sites is 2. The zero-order chi connectivity index (χ0) is 25.8. The zero-order valence-electron chi connectivity index (χ0n) is 19.4. The van der Waals surface area contributed by atoms with Crippen LogP contribution in [0.5, 0.6) is 5.75 Å². The minimum absolute atomic E-state index is 0.109. The average molecular weight is 514 g/mol. The molecular formula is C26H19N5O5S. The molecule has 0 radical (unpaired) electrons. The zero-order valence-corrected chi connectivity index (χ0v) is 20.2. The van der Waals surface area contributed by atoms with Gasteiger partial charge in [-0.2, -0.15) is 0 Å². The molecule has 2 heterocycles. The van der Waals surface area contributed by atoms with E-state index in [9.17, 15) is 14.4 Å². The maximum atomic E-state index is 12.9. The van der Waals surface area contributed by atoms with Crippen LogP contribution in [0.25, 0.3) is 16.7 Å². The van der Waals surface area contributed by atoms with Crippen LogP contribution in [-0.2, 0) is 0 Å². The van der Waals surface area contributed by atoms with E-state index in [0.29, 0.717) is 28.1 Å². The molecule has 11 heteroatoms. The van der Waals surface area contributed by atoms with Crippen LogP contribution in [0.2, 0.25) is 0 Å². The predicted molar refractivity (Wildman–Crippen MR) is 138 cm³/mol. The number of nitrogens with zero attached hydrogens (tertiary/aromatic N) is 3. The molecule has 0 aliphatic carbocycles. The van der Waals surface area contributed by atoms with Crippen molar-refractivity contribution in [3.63, 3.8) is 0 Å². The van der Waals surface area contributed by atoms with Crippen LogP contribution in [0.4, 0.5) is 5.69 Å². The van der Waals surface area contributed by atoms with Crippen molar-refractivity contribution >= 4 is 39.8 Å². The van der Waals surface area contributed by atoms with Gasteiger partial charge in [-0.25, -0.2) is 14.9 Å². The average Bonchev–Trinajstić information content (AvgIpc) is 3.36. The van der Waals surface area contributed by atoms with Gasteiger partial charge in [0.15, 0.2) is 0 Å². The summed E-state index contributed by atoms with van der Waals surface area (Å²) in [5, 5.41) is 12.0. The van der Waals surface area contributed by atoms with E-state index in [2.05, 4.69) is 20.9 Å². The molecule has 2 amide bonds. The molecule has 0 aliphatic rings. The minimum Gasteiger partial charge on any atom is -0.497 e. The number of methoxy groups -OCH3 is 1. The fraction of sp³-hybridized carbons (Fsp3) is 0.0385. The molecule has 0 unspecified atom stereocenters. The first-order chi connectivity index (χ1) is 18.0. The summed E-state index contributed by atoms with van der Waals surface area (Å²) < 4.78 is 11.8. The number of nitrogens with one attached hydrogen (secondary N) is 2. The fourth-order valence-electron chi connectivity index (χ4n) is 3.42. The summed E-state index contributed by atoms with van der Waals surface area (Å²) in [5.41, 5.74) is 2.93. The lowest BCUT2D eigenvalue weighted by Crippen LogP contribution is -2.27. The number of aromatic nitrogens is 2. The second kappa shape index (κ2) is 10.3. The lowest BCUT2D eigenvalue weighted by molar-refractivity contribution is 0.0948. The number of ether oxygens (including phenoxy) is 1. The summed E-state index contributed by atoms with van der Waals surface area (Å²) in [4.78, 5) is 38.2. The van der Waals surface area contributed by atoms with Crippen LogP contribution in [0.15, 0.2) is 99.2 Å². The van der Waals surface area contributed by atoms with E-state index >= 15 is 0 Å². The quantitative estimate of drug-likeness (QED) is 0.264. The number of carbonyl (C=O) groups is 2. The molecule has 0 aliphatic heterocycles. The Labute approximate surface area is 213 Å². The number of amides is 2. The second-order valence-electron chi connectivity index (χ2n) is 7.66. The van der Waals surface area contributed by atoms with Gasteiger partial charge in [-0.3, -0.25) is 9.59 Å². The van der Waals surface area contributed by atoms with Crippen molar-refractivity contribution in [2.75, 3.05) is 12.4 Å². The number of hydrogen-bond donors (Lipinski definition) is 2. The summed E-state index contributed by atoms with van der Waals surface area (Å²) in [7, 11) is 1.55. The Balaban J connectivity index is 1.50. The summed E-state index contributed by atoms with van der Waals surface area (Å²) in [6.07, 6.45) is 0. The summed E-state index contributed by atoms with van der Waals surface area (Å²) in [6, 6.07) is 24.2. The predicted octanol–water partition coefficient (Wildman–Crippen LogP) is 3.55. The number of hydrogen-bond acceptors (Lipinski definition) is 8. The lowest BCUT2D eigenvalue weighted by atomic mass is 10.2. The van der Waals surface area contributed by atoms with Gasteiger partial charge in [0.25, 0.3) is 11.8 Å². The standard InChI is InChI=1S/C26H19N5O5S/c1-35-19-13-11-18(12-14-19)31-26(37-24(30-31)23(33)27-17-8-3-2-4-9-17)29-28-22(32)20-15-16-7-5-6-10-21(16)36-25(20)34/h2-15H,1H3,(H,27,33)(H,28,32)/b29-26-. The van der Waals surface area contributed by atoms with Gasteiger partial charge in [0, 0.05) is 11.1 Å². The molecule has 184 valence electrons. The van der Waals surface area contributed by atoms with E-state index in [-0.39, 0.29) is 15.4 Å². The number of benzene rings is 3. The Morgan fingerprint density at radius 2 is 1.70 bits per heavy atom. The molecule has 10 nitrogen and oxygen atoms in total. The van der Waals surface area contributed by atoms with Crippen LogP contribution >= 0.6 is 11.3 Å². The van der Waals surface area contributed by atoms with E-state index < -0.39 is 17.4 Å². The Morgan fingerprint density at radius 1 is 0.973 bits per heavy atom. The first-order valence-corrected chi connectivity index (χ1v) is 11.8. The molecular weight excluding hydrogens is 494 g/mol. The molecule has 0 saturated carbocycles. The maximum absolute atomic E-state index is 12.9. The van der Waals surface area contributed by atoms with Crippen LogP contribution in [-0.4, -0.2) is 28.7 Å². The van der Waals surface area contributed by atoms with Crippen LogP contribution in [0.3, 0.4) is 0 Å². The molecule has 5 rings (SSSR count). The second-order valence-corrected chi connectivity index (χ2v) is 8.61. The van der Waals surface area contributed by atoms with Crippen molar-refractivity contribution in [2.24, 2.45) is 5.10 Å². The Bertz CT molecular complexity index is 1720. The van der Waals surface area contributed by atoms with Gasteiger partial charge in [0.2, 0.25) is 9.81 Å². The molecule has 0 bridgehead atoms. The number of anilines is 1. The highest BCUT2D eigenvalue weighted by atomic mass is 32.1. The Kier molecular flexibility index (Phi) is 6.60. The van der Waals surface area contributed by atoms with Gasteiger partial charge in [-0.05, 0) is 48.5 Å². The highest BCUT2D eigenvalue weighted by Crippen LogP contribution is 2.16. The number of carbonyl (C=O) groups excluding carboxylic acids is 2. The maximum Gasteiger partial charge on any atom is 0.349 e. The first kappa shape index (κ1) is 23.7. The van der Waals surface area contributed by atoms with E-state index in [1.165, 1.54) is 10.7 Å². The van der Waals surface area contributed by atoms with Gasteiger partial charge in [0.1, 0.15) is 16.9 Å². The fourth-order valence-corrected chi connectivity index (χ4v) is 4.19. The van der Waals surface area contributed by atoms with Crippen LogP contribution < -0.4 is 25.9 Å². The van der Waals surface area contributed by atoms with Crippen molar-refractivity contribution in [3.8, 4) is 11.4 Å². The smallest absolute Gasteiger partial charge is 0.349 e. The monoisotopic (exact) mass is 513 g/mol. The van der Waals surface area contributed by atoms with Crippen LogP contribution in [0, 0.1) is 0 Å². The molecule has 0 fully saturated rings. The van der Waals surface area contributed by atoms with Gasteiger partial charge in [0.05, 0.1) is 12.8 Å². The summed E-state index contributed by atoms with van der Waals surface area (Å²) in [5.74, 6) is -0.567. The van der Waals surface area contributed by atoms with E-state index in [4.69, 9.17) is 9.15 Å². The molecule has 5 aromatic rings. The molecule has 3 aromatic carbocycles. The SMILES string of the molecule is COc1ccc(-n2nc(C(=O)Nc3ccccc3)s/c2=N\NC(=O)c2cc3ccccc3oc2=O)cc1. The highest BCUT2D eigenvalue weighted by Gasteiger charge is 2.17. The largest absolute Gasteiger partial charge is 0.497 e. The Hall–Kier alpha value is -5.03. The minimum atomic E-state index is -0.790. The molecule has 37 heavy (non-hydrogen) atoms. The van der Waals surface area contributed by atoms with Gasteiger partial charge in [-0.15, -0.1) is 10.2 Å². The van der Waals surface area contributed by atoms with Crippen molar-refractivity contribution in [1.29, 1.82) is 0 Å². The van der Waals surface area contributed by atoms with E-state index in [1.54, 1.807) is 79.9 Å². The first-order valence-electron chi connectivity index (χ1n) is 11.0. The Morgan fingerprint density at radius 3 is 2.46 bits per heavy atom. The summed E-state index contributed by atoms with van der Waals surface area (Å²) >= 11 is 0.961. The highest BCUT2D eigenvalue weighted by molar-refractivity contribution is 7.11. The molecule has 0 spiro atoms. The van der Waals surface area contributed by atoms with Crippen molar-refractivity contribution < 1.29 is 18.7 Å². The van der Waals surface area contributed by atoms with E-state index in [0.717, 1.165) is 11.3 Å². The van der Waals surface area contributed by atoms with E-state index in [1.807, 2.05) is 6.07 Å². The molecule has 2 N–H and O–H groups in total. The van der Waals surface area contributed by atoms with Gasteiger partial charge < -0.3 is 14.5 Å². The number of rotatable bonds is 6. The lowest BCUT2D eigenvalue weighted by Gasteiger charge is -2.04. The third kappa shape index (κ3) is 5.16. The van der Waals surface area contributed by atoms with Crippen LogP contribution in [0.1, 0.15) is 20.2 Å². The molecule has 0 saturated heterocycles. The third-order valence-corrected chi connectivity index (χ3v) is 6.15.